The number of hydrogen-bond donors (Lipinski definition) is 3. The quantitative estimate of drug-likeness (QED) is 0.317. The minimum absolute atomic E-state index is 0.287. The smallest absolute Gasteiger partial charge is 0.229 e. The number of hydrogen-bond acceptors (Lipinski definition) is 6. The van der Waals surface area contributed by atoms with Crippen LogP contribution in [0.15, 0.2) is 29.4 Å². The summed E-state index contributed by atoms with van der Waals surface area (Å²) in [5.74, 6) is 6.88. The van der Waals surface area contributed by atoms with Gasteiger partial charge in [-0.25, -0.2) is 5.84 Å². The Hall–Kier alpha value is -1.35. The molecule has 0 fully saturated rings. The highest BCUT2D eigenvalue weighted by atomic mass is 35.5. The fourth-order valence-corrected chi connectivity index (χ4v) is 2.58. The Morgan fingerprint density at radius 1 is 1.41 bits per heavy atom. The molecule has 0 saturated heterocycles. The van der Waals surface area contributed by atoms with Crippen LogP contribution in [0.1, 0.15) is 18.9 Å². The molecule has 0 radical (unpaired) electrons. The molecule has 1 aromatic carbocycles. The van der Waals surface area contributed by atoms with Crippen molar-refractivity contribution in [3.05, 3.63) is 34.9 Å². The first-order valence-electron chi connectivity index (χ1n) is 6.73. The van der Waals surface area contributed by atoms with E-state index in [2.05, 4.69) is 27.7 Å². The maximum atomic E-state index is 5.88. The predicted molar refractivity (Wildman–Crippen MR) is 95.1 cm³/mol. The zero-order valence-electron chi connectivity index (χ0n) is 12.0. The molecule has 9 heteroatoms. The van der Waals surface area contributed by atoms with Gasteiger partial charge in [-0.1, -0.05) is 42.4 Å². The van der Waals surface area contributed by atoms with Crippen LogP contribution >= 0.6 is 35.6 Å². The Labute approximate surface area is 143 Å². The van der Waals surface area contributed by atoms with Crippen LogP contribution in [0, 0.1) is 0 Å². The topological polar surface area (TPSA) is 80.8 Å². The first-order chi connectivity index (χ1) is 10.6. The zero-order valence-corrected chi connectivity index (χ0v) is 14.4. The summed E-state index contributed by atoms with van der Waals surface area (Å²) in [5.41, 5.74) is 3.50. The van der Waals surface area contributed by atoms with E-state index in [1.807, 2.05) is 24.3 Å². The van der Waals surface area contributed by atoms with Crippen molar-refractivity contribution in [1.82, 2.24) is 20.2 Å². The van der Waals surface area contributed by atoms with Crippen molar-refractivity contribution in [1.29, 1.82) is 0 Å². The normalized spacial score (nSPS) is 10.5. The molecule has 0 spiro atoms. The van der Waals surface area contributed by atoms with Crippen molar-refractivity contribution < 1.29 is 0 Å². The number of rotatable bonds is 6. The molecule has 0 amide bonds. The van der Waals surface area contributed by atoms with E-state index in [-0.39, 0.29) is 5.11 Å². The number of aromatic nitrogens is 3. The standard InChI is InChI=1S/C13H17ClN6S2/c1-2-7-22-12-17-11(20(19-12)13(21)18-15)16-8-9-3-5-10(14)6-4-9/h3-6H,2,7-8,15H2,1H3,(H,18,21)(H,16,17,19). The van der Waals surface area contributed by atoms with Crippen molar-refractivity contribution >= 4 is 46.6 Å². The first-order valence-corrected chi connectivity index (χ1v) is 8.50. The number of anilines is 1. The molecule has 1 heterocycles. The molecule has 0 aliphatic heterocycles. The minimum Gasteiger partial charge on any atom is -0.350 e. The molecule has 2 rings (SSSR count). The molecule has 118 valence electrons. The van der Waals surface area contributed by atoms with Crippen molar-refractivity contribution in [2.45, 2.75) is 25.0 Å². The molecule has 0 atom stereocenters. The van der Waals surface area contributed by atoms with E-state index < -0.39 is 0 Å². The molecule has 0 aliphatic rings. The molecule has 4 N–H and O–H groups in total. The summed E-state index contributed by atoms with van der Waals surface area (Å²) < 4.78 is 1.49. The van der Waals surface area contributed by atoms with Gasteiger partial charge in [-0.05, 0) is 36.3 Å². The Balaban J connectivity index is 2.11. The minimum atomic E-state index is 0.287. The van der Waals surface area contributed by atoms with Crippen LogP contribution in [0.4, 0.5) is 5.95 Å². The molecule has 0 saturated carbocycles. The second-order valence-corrected chi connectivity index (χ2v) is 6.29. The van der Waals surface area contributed by atoms with Crippen molar-refractivity contribution in [2.75, 3.05) is 11.1 Å². The number of thiocarbonyl (C=S) groups is 1. The number of thioether (sulfide) groups is 1. The van der Waals surface area contributed by atoms with Crippen molar-refractivity contribution in [3.8, 4) is 0 Å². The van der Waals surface area contributed by atoms with Crippen LogP contribution in [0.5, 0.6) is 0 Å². The summed E-state index contributed by atoms with van der Waals surface area (Å²) >= 11 is 12.6. The molecular formula is C13H17ClN6S2. The van der Waals surface area contributed by atoms with Crippen LogP contribution in [0.3, 0.4) is 0 Å². The second-order valence-electron chi connectivity index (χ2n) is 4.41. The Morgan fingerprint density at radius 3 is 2.77 bits per heavy atom. The van der Waals surface area contributed by atoms with Gasteiger partial charge in [-0.15, -0.1) is 5.10 Å². The zero-order chi connectivity index (χ0) is 15.9. The van der Waals surface area contributed by atoms with E-state index in [9.17, 15) is 0 Å². The van der Waals surface area contributed by atoms with Crippen LogP contribution in [0.25, 0.3) is 0 Å². The molecule has 6 nitrogen and oxygen atoms in total. The average molecular weight is 357 g/mol. The third-order valence-corrected chi connectivity index (χ3v) is 4.29. The number of nitrogens with zero attached hydrogens (tertiary/aromatic N) is 3. The van der Waals surface area contributed by atoms with Gasteiger partial charge in [0, 0.05) is 17.3 Å². The fraction of sp³-hybridized carbons (Fsp3) is 0.308. The van der Waals surface area contributed by atoms with Gasteiger partial charge in [0.1, 0.15) is 0 Å². The molecule has 1 aromatic heterocycles. The number of nitrogens with one attached hydrogen (secondary N) is 2. The Kier molecular flexibility index (Phi) is 6.44. The molecule has 2 aromatic rings. The van der Waals surface area contributed by atoms with E-state index in [0.29, 0.717) is 22.7 Å². The number of nitrogens with two attached hydrogens (primary N) is 1. The van der Waals surface area contributed by atoms with Crippen LogP contribution in [-0.2, 0) is 6.54 Å². The summed E-state index contributed by atoms with van der Waals surface area (Å²) in [7, 11) is 0. The summed E-state index contributed by atoms with van der Waals surface area (Å²) in [4.78, 5) is 4.44. The van der Waals surface area contributed by atoms with Gasteiger partial charge in [0.15, 0.2) is 0 Å². The number of benzene rings is 1. The van der Waals surface area contributed by atoms with Gasteiger partial charge in [-0.3, -0.25) is 5.43 Å². The first kappa shape index (κ1) is 17.0. The largest absolute Gasteiger partial charge is 0.350 e. The summed E-state index contributed by atoms with van der Waals surface area (Å²) in [6.07, 6.45) is 1.05. The third kappa shape index (κ3) is 4.57. The van der Waals surface area contributed by atoms with E-state index in [1.54, 1.807) is 11.8 Å². The van der Waals surface area contributed by atoms with E-state index in [1.165, 1.54) is 4.68 Å². The lowest BCUT2D eigenvalue weighted by Gasteiger charge is -2.08. The van der Waals surface area contributed by atoms with Crippen LogP contribution in [-0.4, -0.2) is 25.6 Å². The van der Waals surface area contributed by atoms with Gasteiger partial charge in [-0.2, -0.15) is 9.67 Å². The second kappa shape index (κ2) is 8.33. The van der Waals surface area contributed by atoms with Crippen molar-refractivity contribution in [3.63, 3.8) is 0 Å². The van der Waals surface area contributed by atoms with Gasteiger partial charge >= 0.3 is 0 Å². The maximum absolute atomic E-state index is 5.88. The average Bonchev–Trinajstić information content (AvgIpc) is 2.95. The number of hydrazine groups is 1. The molecule has 22 heavy (non-hydrogen) atoms. The SMILES string of the molecule is CCCSc1nc(NCc2ccc(Cl)cc2)n(C(=S)NN)n1. The van der Waals surface area contributed by atoms with Gasteiger partial charge in [0.2, 0.25) is 16.2 Å². The molecule has 0 unspecified atom stereocenters. The van der Waals surface area contributed by atoms with Gasteiger partial charge in [0.05, 0.1) is 0 Å². The Morgan fingerprint density at radius 2 is 2.14 bits per heavy atom. The van der Waals surface area contributed by atoms with E-state index >= 15 is 0 Å². The molecule has 0 bridgehead atoms. The fourth-order valence-electron chi connectivity index (χ4n) is 1.65. The summed E-state index contributed by atoms with van der Waals surface area (Å²) in [6.45, 7) is 2.69. The summed E-state index contributed by atoms with van der Waals surface area (Å²) in [5, 5.41) is 9.22. The maximum Gasteiger partial charge on any atom is 0.229 e. The van der Waals surface area contributed by atoms with Crippen LogP contribution in [0.2, 0.25) is 5.02 Å². The van der Waals surface area contributed by atoms with E-state index in [0.717, 1.165) is 17.7 Å². The number of halogens is 1. The highest BCUT2D eigenvalue weighted by molar-refractivity contribution is 7.99. The van der Waals surface area contributed by atoms with Crippen molar-refractivity contribution in [2.24, 2.45) is 5.84 Å². The van der Waals surface area contributed by atoms with Gasteiger partial charge in [0.25, 0.3) is 0 Å². The lowest BCUT2D eigenvalue weighted by molar-refractivity contribution is 0.837. The lowest BCUT2D eigenvalue weighted by atomic mass is 10.2. The predicted octanol–water partition coefficient (Wildman–Crippen LogP) is 2.64. The Bertz CT molecular complexity index is 628. The van der Waals surface area contributed by atoms with Crippen LogP contribution < -0.4 is 16.6 Å². The summed E-state index contributed by atoms with van der Waals surface area (Å²) in [6, 6.07) is 7.58. The monoisotopic (exact) mass is 356 g/mol. The third-order valence-electron chi connectivity index (χ3n) is 2.70. The highest BCUT2D eigenvalue weighted by Crippen LogP contribution is 2.18. The highest BCUT2D eigenvalue weighted by Gasteiger charge is 2.13. The van der Waals surface area contributed by atoms with E-state index in [4.69, 9.17) is 29.7 Å². The molecular weight excluding hydrogens is 340 g/mol. The molecule has 0 aliphatic carbocycles. The lowest BCUT2D eigenvalue weighted by Crippen LogP contribution is -2.35. The van der Waals surface area contributed by atoms with Gasteiger partial charge < -0.3 is 5.32 Å².